The van der Waals surface area contributed by atoms with Crippen LogP contribution in [0.25, 0.3) is 0 Å². The van der Waals surface area contributed by atoms with Gasteiger partial charge in [-0.25, -0.2) is 8.78 Å². The molecule has 2 nitrogen and oxygen atoms in total. The van der Waals surface area contributed by atoms with E-state index in [1.54, 1.807) is 0 Å². The van der Waals surface area contributed by atoms with Gasteiger partial charge < -0.3 is 5.32 Å². The Morgan fingerprint density at radius 2 is 2.08 bits per heavy atom. The van der Waals surface area contributed by atoms with E-state index in [9.17, 15) is 13.6 Å². The minimum atomic E-state index is -2.90. The summed E-state index contributed by atoms with van der Waals surface area (Å²) in [6.07, 6.45) is 0.174. The van der Waals surface area contributed by atoms with Crippen LogP contribution in [0.5, 0.6) is 0 Å². The van der Waals surface area contributed by atoms with Crippen LogP contribution in [0, 0.1) is 5.41 Å². The van der Waals surface area contributed by atoms with E-state index in [0.29, 0.717) is 0 Å². The normalized spacial score (nSPS) is 25.5. The molecular formula is C9H15F2NO. The van der Waals surface area contributed by atoms with Gasteiger partial charge >= 0.3 is 0 Å². The van der Waals surface area contributed by atoms with Crippen LogP contribution in [0.3, 0.4) is 0 Å². The molecule has 4 heteroatoms. The first kappa shape index (κ1) is 10.4. The van der Waals surface area contributed by atoms with Crippen molar-refractivity contribution in [3.8, 4) is 0 Å². The van der Waals surface area contributed by atoms with E-state index in [4.69, 9.17) is 0 Å². The lowest BCUT2D eigenvalue weighted by atomic mass is 10.2. The minimum Gasteiger partial charge on any atom is -0.353 e. The zero-order valence-electron chi connectivity index (χ0n) is 8.16. The Labute approximate surface area is 76.7 Å². The van der Waals surface area contributed by atoms with Crippen molar-refractivity contribution in [1.29, 1.82) is 0 Å². The Bertz CT molecular complexity index is 220. The maximum atomic E-state index is 12.4. The van der Waals surface area contributed by atoms with Crippen LogP contribution in [0.4, 0.5) is 8.78 Å². The molecule has 1 aliphatic rings. The topological polar surface area (TPSA) is 29.1 Å². The van der Waals surface area contributed by atoms with Crippen LogP contribution in [0.2, 0.25) is 0 Å². The van der Waals surface area contributed by atoms with E-state index in [1.807, 2.05) is 13.8 Å². The van der Waals surface area contributed by atoms with Crippen molar-refractivity contribution in [3.05, 3.63) is 0 Å². The molecule has 1 aliphatic carbocycles. The van der Waals surface area contributed by atoms with Crippen LogP contribution < -0.4 is 5.32 Å². The van der Waals surface area contributed by atoms with Crippen molar-refractivity contribution < 1.29 is 13.6 Å². The fourth-order valence-electron chi connectivity index (χ4n) is 1.24. The molecular weight excluding hydrogens is 176 g/mol. The van der Waals surface area contributed by atoms with Crippen molar-refractivity contribution in [3.63, 3.8) is 0 Å². The fraction of sp³-hybridized carbons (Fsp3) is 0.889. The number of hydrogen-bond donors (Lipinski definition) is 1. The summed E-state index contributed by atoms with van der Waals surface area (Å²) < 4.78 is 24.8. The summed E-state index contributed by atoms with van der Waals surface area (Å²) in [6, 6.07) is 0.0855. The van der Waals surface area contributed by atoms with E-state index >= 15 is 0 Å². The molecule has 13 heavy (non-hydrogen) atoms. The number of alkyl halides is 2. The largest absolute Gasteiger partial charge is 0.353 e. The van der Waals surface area contributed by atoms with E-state index < -0.39 is 18.3 Å². The van der Waals surface area contributed by atoms with Gasteiger partial charge in [0.25, 0.3) is 5.92 Å². The number of amides is 1. The molecule has 1 atom stereocenters. The maximum Gasteiger partial charge on any atom is 0.254 e. The zero-order chi connectivity index (χ0) is 10.3. The molecule has 1 saturated carbocycles. The Balaban J connectivity index is 2.28. The second kappa shape index (κ2) is 2.93. The predicted octanol–water partition coefficient (Wildman–Crippen LogP) is 1.95. The average molecular weight is 191 g/mol. The molecule has 0 spiro atoms. The van der Waals surface area contributed by atoms with E-state index in [2.05, 4.69) is 5.32 Å². The van der Waals surface area contributed by atoms with Gasteiger partial charge in [0.1, 0.15) is 0 Å². The molecule has 1 fully saturated rings. The van der Waals surface area contributed by atoms with Gasteiger partial charge in [0.2, 0.25) is 5.91 Å². The molecule has 1 N–H and O–H groups in total. The van der Waals surface area contributed by atoms with Gasteiger partial charge in [-0.05, 0) is 18.8 Å². The molecule has 0 aromatic heterocycles. The second-order valence-electron chi connectivity index (χ2n) is 4.56. The second-order valence-corrected chi connectivity index (χ2v) is 4.56. The first-order chi connectivity index (χ1) is 5.71. The zero-order valence-corrected chi connectivity index (χ0v) is 8.16. The van der Waals surface area contributed by atoms with Gasteiger partial charge in [-0.15, -0.1) is 0 Å². The van der Waals surface area contributed by atoms with Gasteiger partial charge in [0.15, 0.2) is 0 Å². The molecule has 0 aromatic carbocycles. The molecule has 1 rings (SSSR count). The van der Waals surface area contributed by atoms with Gasteiger partial charge in [0, 0.05) is 6.04 Å². The summed E-state index contributed by atoms with van der Waals surface area (Å²) in [7, 11) is 0. The molecule has 0 aliphatic heterocycles. The lowest BCUT2D eigenvalue weighted by Crippen LogP contribution is -2.32. The highest BCUT2D eigenvalue weighted by Gasteiger charge is 2.46. The minimum absolute atomic E-state index is 0.0855. The summed E-state index contributed by atoms with van der Waals surface area (Å²) in [5.74, 6) is -3.45. The number of halogens is 2. The first-order valence-corrected chi connectivity index (χ1v) is 4.38. The molecule has 0 saturated heterocycles. The van der Waals surface area contributed by atoms with Crippen LogP contribution >= 0.6 is 0 Å². The summed E-state index contributed by atoms with van der Waals surface area (Å²) in [6.45, 7) is 4.76. The number of carbonyl (C=O) groups is 1. The average Bonchev–Trinajstić information content (AvgIpc) is 2.32. The summed E-state index contributed by atoms with van der Waals surface area (Å²) in [5.41, 5.74) is 0.0959. The first-order valence-electron chi connectivity index (χ1n) is 4.38. The highest BCUT2D eigenvalue weighted by molar-refractivity contribution is 5.77. The third-order valence-corrected chi connectivity index (χ3v) is 2.32. The number of hydrogen-bond acceptors (Lipinski definition) is 1. The monoisotopic (exact) mass is 191 g/mol. The van der Waals surface area contributed by atoms with Crippen LogP contribution in [-0.4, -0.2) is 17.9 Å². The number of nitrogens with one attached hydrogen (secondary N) is 1. The van der Waals surface area contributed by atoms with Crippen molar-refractivity contribution in [2.24, 2.45) is 5.41 Å². The quantitative estimate of drug-likeness (QED) is 0.725. The van der Waals surface area contributed by atoms with Crippen molar-refractivity contribution in [2.75, 3.05) is 0 Å². The predicted molar refractivity (Wildman–Crippen MR) is 45.6 cm³/mol. The highest BCUT2D eigenvalue weighted by Crippen LogP contribution is 2.44. The van der Waals surface area contributed by atoms with Crippen LogP contribution in [0.1, 0.15) is 33.6 Å². The molecule has 0 heterocycles. The summed E-state index contributed by atoms with van der Waals surface area (Å²) in [5, 5.41) is 2.58. The van der Waals surface area contributed by atoms with Gasteiger partial charge in [-0.2, -0.15) is 0 Å². The Morgan fingerprint density at radius 3 is 2.38 bits per heavy atom. The number of rotatable bonds is 3. The highest BCUT2D eigenvalue weighted by atomic mass is 19.3. The Kier molecular flexibility index (Phi) is 2.34. The Hall–Kier alpha value is -0.670. The third-order valence-electron chi connectivity index (χ3n) is 2.32. The van der Waals surface area contributed by atoms with Gasteiger partial charge in [0.05, 0.1) is 6.42 Å². The van der Waals surface area contributed by atoms with Gasteiger partial charge in [-0.3, -0.25) is 4.79 Å². The maximum absolute atomic E-state index is 12.4. The summed E-state index contributed by atoms with van der Waals surface area (Å²) in [4.78, 5) is 11.0. The third kappa shape index (κ3) is 3.28. The SMILES string of the molecule is CC(F)(F)CC(=O)NC1CC1(C)C. The van der Waals surface area contributed by atoms with Crippen LogP contribution in [0.15, 0.2) is 0 Å². The molecule has 0 bridgehead atoms. The van der Waals surface area contributed by atoms with E-state index in [0.717, 1.165) is 13.3 Å². The lowest BCUT2D eigenvalue weighted by Gasteiger charge is -2.11. The fourth-order valence-corrected chi connectivity index (χ4v) is 1.24. The van der Waals surface area contributed by atoms with Crippen LogP contribution in [-0.2, 0) is 4.79 Å². The van der Waals surface area contributed by atoms with Crippen molar-refractivity contribution in [1.82, 2.24) is 5.32 Å². The Morgan fingerprint density at radius 1 is 1.62 bits per heavy atom. The molecule has 0 aromatic rings. The molecule has 76 valence electrons. The lowest BCUT2D eigenvalue weighted by molar-refractivity contribution is -0.127. The van der Waals surface area contributed by atoms with E-state index in [-0.39, 0.29) is 11.5 Å². The molecule has 1 unspecified atom stereocenters. The molecule has 1 amide bonds. The summed E-state index contributed by atoms with van der Waals surface area (Å²) >= 11 is 0. The van der Waals surface area contributed by atoms with Crippen molar-refractivity contribution in [2.45, 2.75) is 45.6 Å². The molecule has 0 radical (unpaired) electrons. The number of carbonyl (C=O) groups excluding carboxylic acids is 1. The van der Waals surface area contributed by atoms with Crippen molar-refractivity contribution >= 4 is 5.91 Å². The van der Waals surface area contributed by atoms with E-state index in [1.165, 1.54) is 0 Å². The smallest absolute Gasteiger partial charge is 0.254 e. The van der Waals surface area contributed by atoms with Gasteiger partial charge in [-0.1, -0.05) is 13.8 Å². The standard InChI is InChI=1S/C9H15F2NO/c1-8(2)4-6(8)12-7(13)5-9(3,10)11/h6H,4-5H2,1-3H3,(H,12,13).